The van der Waals surface area contributed by atoms with Crippen molar-refractivity contribution in [3.05, 3.63) is 54.6 Å². The Morgan fingerprint density at radius 3 is 2.38 bits per heavy atom. The smallest absolute Gasteiger partial charge is 0.404 e. The maximum absolute atomic E-state index is 12.4. The maximum Gasteiger partial charge on any atom is 0.573 e. The quantitative estimate of drug-likeness (QED) is 0.237. The van der Waals surface area contributed by atoms with Gasteiger partial charge in [0.1, 0.15) is 0 Å². The molecule has 0 saturated heterocycles. The largest absolute Gasteiger partial charge is 0.573 e. The van der Waals surface area contributed by atoms with Crippen molar-refractivity contribution < 1.29 is 17.9 Å². The number of benzene rings is 2. The second kappa shape index (κ2) is 10.7. The summed E-state index contributed by atoms with van der Waals surface area (Å²) in [4.78, 5) is 4.09. The zero-order valence-electron chi connectivity index (χ0n) is 13.8. The Morgan fingerprint density at radius 1 is 1.04 bits per heavy atom. The van der Waals surface area contributed by atoms with Crippen LogP contribution in [0.15, 0.2) is 59.6 Å². The van der Waals surface area contributed by atoms with Crippen molar-refractivity contribution in [3.63, 3.8) is 0 Å². The number of alkyl halides is 3. The summed E-state index contributed by atoms with van der Waals surface area (Å²) >= 11 is 0. The molecule has 2 aromatic carbocycles. The fourth-order valence-electron chi connectivity index (χ4n) is 2.03. The number of halogens is 4. The highest BCUT2D eigenvalue weighted by Gasteiger charge is 2.32. The Hall–Kier alpha value is -2.17. The van der Waals surface area contributed by atoms with Gasteiger partial charge < -0.3 is 21.1 Å². The SMILES string of the molecule is I.NC(=NCCCNc1ccccc1)Nc1ccccc1OC(F)(F)F. The number of rotatable bonds is 7. The summed E-state index contributed by atoms with van der Waals surface area (Å²) in [5.41, 5.74) is 6.82. The molecule has 26 heavy (non-hydrogen) atoms. The number of hydrogen-bond acceptors (Lipinski definition) is 3. The third kappa shape index (κ3) is 8.28. The highest BCUT2D eigenvalue weighted by Crippen LogP contribution is 2.29. The molecule has 9 heteroatoms. The Balaban J connectivity index is 0.00000338. The average Bonchev–Trinajstić information content (AvgIpc) is 2.56. The van der Waals surface area contributed by atoms with Crippen molar-refractivity contribution in [1.29, 1.82) is 0 Å². The summed E-state index contributed by atoms with van der Waals surface area (Å²) in [5, 5.41) is 5.85. The molecular formula is C17H20F3IN4O. The molecule has 2 rings (SSSR count). The van der Waals surface area contributed by atoms with Crippen LogP contribution < -0.4 is 21.1 Å². The molecule has 0 aliphatic carbocycles. The second-order valence-electron chi connectivity index (χ2n) is 5.08. The zero-order valence-corrected chi connectivity index (χ0v) is 16.1. The molecule has 142 valence electrons. The molecule has 0 heterocycles. The zero-order chi connectivity index (χ0) is 18.1. The number of nitrogens with one attached hydrogen (secondary N) is 2. The lowest BCUT2D eigenvalue weighted by Gasteiger charge is -2.14. The topological polar surface area (TPSA) is 71.7 Å². The molecule has 0 amide bonds. The van der Waals surface area contributed by atoms with E-state index >= 15 is 0 Å². The molecule has 4 N–H and O–H groups in total. The van der Waals surface area contributed by atoms with Crippen molar-refractivity contribution in [2.75, 3.05) is 23.7 Å². The van der Waals surface area contributed by atoms with Gasteiger partial charge in [0.15, 0.2) is 11.7 Å². The summed E-state index contributed by atoms with van der Waals surface area (Å²) in [5.74, 6) is -0.336. The minimum absolute atomic E-state index is 0. The number of ether oxygens (including phenoxy) is 1. The number of guanidine groups is 1. The molecule has 0 atom stereocenters. The van der Waals surface area contributed by atoms with Gasteiger partial charge in [-0.25, -0.2) is 0 Å². The first-order valence-corrected chi connectivity index (χ1v) is 7.65. The standard InChI is InChI=1S/C17H19F3N4O.HI/c18-17(19,20)25-15-10-5-4-9-14(15)24-16(21)23-12-6-11-22-13-7-2-1-3-8-13;/h1-5,7-10,22H,6,11-12H2,(H3,21,23,24);1H. The Bertz CT molecular complexity index is 696. The van der Waals surface area contributed by atoms with Gasteiger partial charge in [0.2, 0.25) is 0 Å². The lowest BCUT2D eigenvalue weighted by Crippen LogP contribution is -2.24. The molecule has 0 unspecified atom stereocenters. The van der Waals surface area contributed by atoms with Crippen molar-refractivity contribution >= 4 is 41.3 Å². The van der Waals surface area contributed by atoms with Gasteiger partial charge in [-0.2, -0.15) is 0 Å². The normalized spacial score (nSPS) is 11.4. The van der Waals surface area contributed by atoms with E-state index in [9.17, 15) is 13.2 Å². The molecule has 5 nitrogen and oxygen atoms in total. The monoisotopic (exact) mass is 480 g/mol. The fourth-order valence-corrected chi connectivity index (χ4v) is 2.03. The number of hydrogen-bond donors (Lipinski definition) is 3. The van der Waals surface area contributed by atoms with Gasteiger partial charge in [0.25, 0.3) is 0 Å². The van der Waals surface area contributed by atoms with E-state index in [1.165, 1.54) is 18.2 Å². The van der Waals surface area contributed by atoms with E-state index in [1.54, 1.807) is 6.07 Å². The third-order valence-electron chi connectivity index (χ3n) is 3.10. The molecule has 0 saturated carbocycles. The van der Waals surface area contributed by atoms with Crippen LogP contribution in [0, 0.1) is 0 Å². The Morgan fingerprint density at radius 2 is 1.69 bits per heavy atom. The van der Waals surface area contributed by atoms with E-state index in [2.05, 4.69) is 20.4 Å². The fraction of sp³-hybridized carbons (Fsp3) is 0.235. The number of para-hydroxylation sites is 3. The van der Waals surface area contributed by atoms with Crippen LogP contribution in [-0.2, 0) is 0 Å². The molecular weight excluding hydrogens is 460 g/mol. The van der Waals surface area contributed by atoms with Crippen LogP contribution in [-0.4, -0.2) is 25.4 Å². The van der Waals surface area contributed by atoms with Gasteiger partial charge in [-0.05, 0) is 30.7 Å². The molecule has 0 aliphatic heterocycles. The van der Waals surface area contributed by atoms with E-state index in [0.29, 0.717) is 13.1 Å². The van der Waals surface area contributed by atoms with Crippen molar-refractivity contribution in [2.45, 2.75) is 12.8 Å². The van der Waals surface area contributed by atoms with Crippen LogP contribution >= 0.6 is 24.0 Å². The number of anilines is 2. The maximum atomic E-state index is 12.4. The molecule has 2 aromatic rings. The van der Waals surface area contributed by atoms with Gasteiger partial charge in [0.05, 0.1) is 5.69 Å². The van der Waals surface area contributed by atoms with E-state index in [-0.39, 0.29) is 41.4 Å². The molecule has 0 bridgehead atoms. The van der Waals surface area contributed by atoms with Gasteiger partial charge in [-0.1, -0.05) is 30.3 Å². The number of aliphatic imine (C=N–C) groups is 1. The highest BCUT2D eigenvalue weighted by atomic mass is 127. The van der Waals surface area contributed by atoms with Gasteiger partial charge in [0, 0.05) is 18.8 Å². The minimum atomic E-state index is -4.77. The van der Waals surface area contributed by atoms with Crippen LogP contribution in [0.1, 0.15) is 6.42 Å². The number of nitrogens with zero attached hydrogens (tertiary/aromatic N) is 1. The van der Waals surface area contributed by atoms with Gasteiger partial charge in [-0.3, -0.25) is 4.99 Å². The lowest BCUT2D eigenvalue weighted by molar-refractivity contribution is -0.274. The molecule has 0 aromatic heterocycles. The minimum Gasteiger partial charge on any atom is -0.404 e. The van der Waals surface area contributed by atoms with E-state index in [0.717, 1.165) is 12.1 Å². The summed E-state index contributed by atoms with van der Waals surface area (Å²) in [6, 6.07) is 15.4. The molecule has 0 radical (unpaired) electrons. The molecule has 0 spiro atoms. The van der Waals surface area contributed by atoms with Crippen molar-refractivity contribution in [2.24, 2.45) is 10.7 Å². The molecule has 0 aliphatic rings. The first-order chi connectivity index (χ1) is 11.9. The van der Waals surface area contributed by atoms with Crippen LogP contribution in [0.25, 0.3) is 0 Å². The van der Waals surface area contributed by atoms with Crippen molar-refractivity contribution in [1.82, 2.24) is 0 Å². The predicted molar refractivity (Wildman–Crippen MR) is 108 cm³/mol. The predicted octanol–water partition coefficient (Wildman–Crippen LogP) is 4.43. The van der Waals surface area contributed by atoms with Crippen LogP contribution in [0.2, 0.25) is 0 Å². The summed E-state index contributed by atoms with van der Waals surface area (Å²) in [6.45, 7) is 1.13. The lowest BCUT2D eigenvalue weighted by atomic mass is 10.3. The first-order valence-electron chi connectivity index (χ1n) is 7.65. The molecule has 0 fully saturated rings. The Kier molecular flexibility index (Phi) is 9.03. The third-order valence-corrected chi connectivity index (χ3v) is 3.10. The van der Waals surface area contributed by atoms with E-state index in [4.69, 9.17) is 5.73 Å². The summed E-state index contributed by atoms with van der Waals surface area (Å²) in [7, 11) is 0. The van der Waals surface area contributed by atoms with Gasteiger partial charge in [-0.15, -0.1) is 37.1 Å². The van der Waals surface area contributed by atoms with Crippen molar-refractivity contribution in [3.8, 4) is 5.75 Å². The second-order valence-corrected chi connectivity index (χ2v) is 5.08. The van der Waals surface area contributed by atoms with Gasteiger partial charge >= 0.3 is 6.36 Å². The number of nitrogens with two attached hydrogens (primary N) is 1. The summed E-state index contributed by atoms with van der Waals surface area (Å²) in [6.07, 6.45) is -4.05. The first kappa shape index (κ1) is 21.9. The van der Waals surface area contributed by atoms with Crippen LogP contribution in [0.5, 0.6) is 5.75 Å². The van der Waals surface area contributed by atoms with Crippen LogP contribution in [0.4, 0.5) is 24.5 Å². The van der Waals surface area contributed by atoms with Crippen LogP contribution in [0.3, 0.4) is 0 Å². The Labute approximate surface area is 166 Å². The van der Waals surface area contributed by atoms with E-state index < -0.39 is 6.36 Å². The average molecular weight is 480 g/mol. The summed E-state index contributed by atoms with van der Waals surface area (Å²) < 4.78 is 41.0. The van der Waals surface area contributed by atoms with E-state index in [1.807, 2.05) is 30.3 Å². The highest BCUT2D eigenvalue weighted by molar-refractivity contribution is 14.0.